The van der Waals surface area contributed by atoms with Gasteiger partial charge in [0.05, 0.1) is 6.42 Å². The summed E-state index contributed by atoms with van der Waals surface area (Å²) in [6.45, 7) is 0. The van der Waals surface area contributed by atoms with Gasteiger partial charge in [0.15, 0.2) is 0 Å². The Bertz CT molecular complexity index is 523. The van der Waals surface area contributed by atoms with Crippen LogP contribution in [0, 0.1) is 11.8 Å². The van der Waals surface area contributed by atoms with Crippen molar-refractivity contribution in [3.05, 3.63) is 29.3 Å². The first-order chi connectivity index (χ1) is 7.65. The van der Waals surface area contributed by atoms with Crippen LogP contribution in [0.1, 0.15) is 17.5 Å². The van der Waals surface area contributed by atoms with Crippen molar-refractivity contribution in [3.63, 3.8) is 0 Å². The fourth-order valence-corrected chi connectivity index (χ4v) is 1.53. The first-order valence-corrected chi connectivity index (χ1v) is 4.78. The minimum atomic E-state index is -0.939. The van der Waals surface area contributed by atoms with E-state index in [9.17, 15) is 9.59 Å². The second kappa shape index (κ2) is 4.07. The number of hydrogen-bond donors (Lipinski definition) is 2. The highest BCUT2D eigenvalue weighted by molar-refractivity contribution is 5.99. The van der Waals surface area contributed by atoms with Gasteiger partial charge in [-0.2, -0.15) is 0 Å². The fourth-order valence-electron chi connectivity index (χ4n) is 1.53. The van der Waals surface area contributed by atoms with E-state index < -0.39 is 5.97 Å². The number of nitrogens with one attached hydrogen (secondary N) is 1. The lowest BCUT2D eigenvalue weighted by atomic mass is 10.1. The molecule has 0 spiro atoms. The average Bonchev–Trinajstić information content (AvgIpc) is 2.56. The zero-order valence-corrected chi connectivity index (χ0v) is 8.41. The average molecular weight is 215 g/mol. The molecule has 0 radical (unpaired) electrons. The predicted octanol–water partition coefficient (Wildman–Crippen LogP) is 1.01. The summed E-state index contributed by atoms with van der Waals surface area (Å²) in [6.07, 6.45) is 0.193. The molecular formula is C12H9NO3. The van der Waals surface area contributed by atoms with Crippen molar-refractivity contribution in [2.24, 2.45) is 0 Å². The molecule has 0 saturated carbocycles. The van der Waals surface area contributed by atoms with Crippen molar-refractivity contribution in [3.8, 4) is 11.8 Å². The summed E-state index contributed by atoms with van der Waals surface area (Å²) in [5.41, 5.74) is 2.46. The van der Waals surface area contributed by atoms with E-state index in [1.165, 1.54) is 0 Å². The number of benzene rings is 1. The molecular weight excluding hydrogens is 206 g/mol. The molecule has 1 aromatic carbocycles. The number of hydrogen-bond acceptors (Lipinski definition) is 2. The van der Waals surface area contributed by atoms with Crippen LogP contribution >= 0.6 is 0 Å². The maximum absolute atomic E-state index is 11.1. The lowest BCUT2D eigenvalue weighted by molar-refractivity contribution is -0.135. The van der Waals surface area contributed by atoms with Crippen molar-refractivity contribution in [1.82, 2.24) is 0 Å². The first kappa shape index (κ1) is 10.2. The summed E-state index contributed by atoms with van der Waals surface area (Å²) in [5, 5.41) is 11.1. The molecule has 0 fully saturated rings. The van der Waals surface area contributed by atoms with E-state index in [1.54, 1.807) is 12.1 Å². The highest BCUT2D eigenvalue weighted by Gasteiger charge is 2.16. The Balaban J connectivity index is 2.18. The van der Waals surface area contributed by atoms with E-state index in [-0.39, 0.29) is 12.3 Å². The van der Waals surface area contributed by atoms with E-state index in [4.69, 9.17) is 5.11 Å². The number of carboxylic acid groups (broad SMARTS) is 1. The van der Waals surface area contributed by atoms with E-state index >= 15 is 0 Å². The van der Waals surface area contributed by atoms with Crippen molar-refractivity contribution >= 4 is 17.6 Å². The van der Waals surface area contributed by atoms with Crippen LogP contribution in [0.15, 0.2) is 18.2 Å². The zero-order valence-electron chi connectivity index (χ0n) is 8.41. The molecule has 4 nitrogen and oxygen atoms in total. The summed E-state index contributed by atoms with van der Waals surface area (Å²) >= 11 is 0. The van der Waals surface area contributed by atoms with Gasteiger partial charge in [0.25, 0.3) is 0 Å². The van der Waals surface area contributed by atoms with Crippen LogP contribution in [0.4, 0.5) is 5.69 Å². The van der Waals surface area contributed by atoms with Crippen molar-refractivity contribution < 1.29 is 14.7 Å². The smallest absolute Gasteiger partial charge is 0.315 e. The Hall–Kier alpha value is -2.28. The molecule has 4 heteroatoms. The lowest BCUT2D eigenvalue weighted by Gasteiger charge is -1.97. The van der Waals surface area contributed by atoms with Gasteiger partial charge in [-0.15, -0.1) is 0 Å². The molecule has 1 aromatic rings. The fraction of sp³-hybridized carbons (Fsp3) is 0.167. The van der Waals surface area contributed by atoms with Gasteiger partial charge in [0, 0.05) is 11.3 Å². The van der Waals surface area contributed by atoms with E-state index in [1.807, 2.05) is 6.07 Å². The lowest BCUT2D eigenvalue weighted by Crippen LogP contribution is -2.03. The van der Waals surface area contributed by atoms with Gasteiger partial charge in [-0.3, -0.25) is 9.59 Å². The van der Waals surface area contributed by atoms with Gasteiger partial charge in [0.2, 0.25) is 5.91 Å². The molecule has 80 valence electrons. The summed E-state index contributed by atoms with van der Waals surface area (Å²) in [4.78, 5) is 21.4. The molecule has 16 heavy (non-hydrogen) atoms. The highest BCUT2D eigenvalue weighted by atomic mass is 16.4. The van der Waals surface area contributed by atoms with E-state index in [0.29, 0.717) is 6.42 Å². The minimum absolute atomic E-state index is 0.0226. The van der Waals surface area contributed by atoms with Crippen LogP contribution in [0.5, 0.6) is 0 Å². The SMILES string of the molecule is O=C(O)CC#Cc1ccc2c(c1)CC(=O)N2. The molecule has 0 atom stereocenters. The molecule has 1 amide bonds. The molecule has 1 aliphatic rings. The number of rotatable bonds is 1. The van der Waals surface area contributed by atoms with Gasteiger partial charge in [-0.05, 0) is 23.8 Å². The molecule has 0 saturated heterocycles. The Kier molecular flexibility index (Phi) is 2.61. The number of carboxylic acids is 1. The number of aliphatic carboxylic acids is 1. The maximum atomic E-state index is 11.1. The van der Waals surface area contributed by atoms with Crippen LogP contribution in [-0.4, -0.2) is 17.0 Å². The molecule has 0 aromatic heterocycles. The molecule has 1 aliphatic heterocycles. The molecule has 0 unspecified atom stereocenters. The largest absolute Gasteiger partial charge is 0.481 e. The Morgan fingerprint density at radius 3 is 3.06 bits per heavy atom. The van der Waals surface area contributed by atoms with Gasteiger partial charge in [-0.25, -0.2) is 0 Å². The first-order valence-electron chi connectivity index (χ1n) is 4.78. The number of fused-ring (bicyclic) bond motifs is 1. The van der Waals surface area contributed by atoms with Gasteiger partial charge < -0.3 is 10.4 Å². The topological polar surface area (TPSA) is 66.4 Å². The van der Waals surface area contributed by atoms with Crippen LogP contribution in [0.25, 0.3) is 0 Å². The van der Waals surface area contributed by atoms with E-state index in [0.717, 1.165) is 16.8 Å². The monoisotopic (exact) mass is 215 g/mol. The van der Waals surface area contributed by atoms with Crippen LogP contribution in [0.3, 0.4) is 0 Å². The Morgan fingerprint density at radius 2 is 2.31 bits per heavy atom. The standard InChI is InChI=1S/C12H9NO3/c14-11-7-9-6-8(2-1-3-12(15)16)4-5-10(9)13-11/h4-6H,3,7H2,(H,13,14)(H,15,16). The molecule has 0 aliphatic carbocycles. The normalized spacial score (nSPS) is 12.4. The van der Waals surface area contributed by atoms with E-state index in [2.05, 4.69) is 17.2 Å². The quantitative estimate of drug-likeness (QED) is 0.687. The third-order valence-electron chi connectivity index (χ3n) is 2.20. The molecule has 1 heterocycles. The molecule has 0 bridgehead atoms. The predicted molar refractivity (Wildman–Crippen MR) is 57.9 cm³/mol. The molecule has 2 N–H and O–H groups in total. The summed E-state index contributed by atoms with van der Waals surface area (Å²) in [5.74, 6) is 4.34. The van der Waals surface area contributed by atoms with Crippen LogP contribution in [-0.2, 0) is 16.0 Å². The van der Waals surface area contributed by atoms with Gasteiger partial charge in [0.1, 0.15) is 6.42 Å². The number of carbonyl (C=O) groups is 2. The highest BCUT2D eigenvalue weighted by Crippen LogP contribution is 2.23. The third-order valence-corrected chi connectivity index (χ3v) is 2.20. The van der Waals surface area contributed by atoms with Crippen molar-refractivity contribution in [1.29, 1.82) is 0 Å². The van der Waals surface area contributed by atoms with Gasteiger partial charge in [-0.1, -0.05) is 11.8 Å². The third kappa shape index (κ3) is 2.20. The Morgan fingerprint density at radius 1 is 1.50 bits per heavy atom. The number of carbonyl (C=O) groups excluding carboxylic acids is 1. The van der Waals surface area contributed by atoms with Crippen LogP contribution in [0.2, 0.25) is 0 Å². The zero-order chi connectivity index (χ0) is 11.5. The van der Waals surface area contributed by atoms with Crippen LogP contribution < -0.4 is 5.32 Å². The maximum Gasteiger partial charge on any atom is 0.315 e. The summed E-state index contributed by atoms with van der Waals surface area (Å²) in [6, 6.07) is 5.35. The van der Waals surface area contributed by atoms with Crippen molar-refractivity contribution in [2.45, 2.75) is 12.8 Å². The summed E-state index contributed by atoms with van der Waals surface area (Å²) in [7, 11) is 0. The Labute approximate surface area is 92.3 Å². The number of amides is 1. The minimum Gasteiger partial charge on any atom is -0.481 e. The molecule has 2 rings (SSSR count). The summed E-state index contributed by atoms with van der Waals surface area (Å²) < 4.78 is 0. The van der Waals surface area contributed by atoms with Gasteiger partial charge >= 0.3 is 5.97 Å². The second-order valence-electron chi connectivity index (χ2n) is 3.47. The second-order valence-corrected chi connectivity index (χ2v) is 3.47. The van der Waals surface area contributed by atoms with Crippen molar-refractivity contribution in [2.75, 3.05) is 5.32 Å². The number of anilines is 1.